The minimum Gasteiger partial charge on any atom is -0.377 e. The molecular formula is C14H29NO. The molecule has 0 heterocycles. The molecule has 1 rings (SSSR count). The van der Waals surface area contributed by atoms with Gasteiger partial charge in [0.05, 0.1) is 6.10 Å². The Morgan fingerprint density at radius 2 is 2.06 bits per heavy atom. The van der Waals surface area contributed by atoms with Gasteiger partial charge in [-0.1, -0.05) is 32.6 Å². The fourth-order valence-corrected chi connectivity index (χ4v) is 2.18. The summed E-state index contributed by atoms with van der Waals surface area (Å²) in [5.74, 6) is 0.971. The Labute approximate surface area is 101 Å². The molecule has 1 fully saturated rings. The van der Waals surface area contributed by atoms with Crippen molar-refractivity contribution in [2.45, 2.75) is 71.4 Å². The van der Waals surface area contributed by atoms with Gasteiger partial charge in [-0.15, -0.1) is 0 Å². The standard InChI is InChI=1S/C14H29NO/c1-4-6-12(2)15-11-13(3)16-10-9-14-7-5-8-14/h12-15H,4-11H2,1-3H3. The molecule has 0 saturated heterocycles. The van der Waals surface area contributed by atoms with E-state index in [0.29, 0.717) is 12.1 Å². The predicted octanol–water partition coefficient (Wildman–Crippen LogP) is 3.36. The summed E-state index contributed by atoms with van der Waals surface area (Å²) >= 11 is 0. The van der Waals surface area contributed by atoms with Gasteiger partial charge >= 0.3 is 0 Å². The highest BCUT2D eigenvalue weighted by atomic mass is 16.5. The van der Waals surface area contributed by atoms with Crippen molar-refractivity contribution in [2.75, 3.05) is 13.2 Å². The lowest BCUT2D eigenvalue weighted by molar-refractivity contribution is 0.0477. The maximum Gasteiger partial charge on any atom is 0.0671 e. The second kappa shape index (κ2) is 8.08. The molecule has 0 bridgehead atoms. The van der Waals surface area contributed by atoms with Crippen LogP contribution < -0.4 is 5.32 Å². The number of ether oxygens (including phenoxy) is 1. The largest absolute Gasteiger partial charge is 0.377 e. The lowest BCUT2D eigenvalue weighted by Gasteiger charge is -2.26. The van der Waals surface area contributed by atoms with Gasteiger partial charge in [0.15, 0.2) is 0 Å². The van der Waals surface area contributed by atoms with Crippen molar-refractivity contribution < 1.29 is 4.74 Å². The highest BCUT2D eigenvalue weighted by molar-refractivity contribution is 4.69. The maximum absolute atomic E-state index is 5.81. The fraction of sp³-hybridized carbons (Fsp3) is 1.00. The van der Waals surface area contributed by atoms with E-state index in [1.807, 2.05) is 0 Å². The van der Waals surface area contributed by atoms with Gasteiger partial charge in [0.25, 0.3) is 0 Å². The molecule has 2 heteroatoms. The lowest BCUT2D eigenvalue weighted by atomic mass is 9.83. The van der Waals surface area contributed by atoms with Crippen LogP contribution in [-0.2, 0) is 4.74 Å². The average molecular weight is 227 g/mol. The zero-order valence-corrected chi connectivity index (χ0v) is 11.3. The van der Waals surface area contributed by atoms with Crippen LogP contribution in [0.15, 0.2) is 0 Å². The van der Waals surface area contributed by atoms with Crippen molar-refractivity contribution in [3.63, 3.8) is 0 Å². The first-order valence-electron chi connectivity index (χ1n) is 7.07. The van der Waals surface area contributed by atoms with Crippen molar-refractivity contribution in [1.29, 1.82) is 0 Å². The van der Waals surface area contributed by atoms with Crippen LogP contribution >= 0.6 is 0 Å². The molecule has 1 saturated carbocycles. The third kappa shape index (κ3) is 5.86. The molecule has 0 aromatic rings. The molecule has 0 aliphatic heterocycles. The molecule has 0 radical (unpaired) electrons. The number of hydrogen-bond acceptors (Lipinski definition) is 2. The number of nitrogens with one attached hydrogen (secondary N) is 1. The van der Waals surface area contributed by atoms with Gasteiger partial charge in [-0.05, 0) is 32.6 Å². The van der Waals surface area contributed by atoms with Gasteiger partial charge in [0, 0.05) is 19.2 Å². The van der Waals surface area contributed by atoms with Crippen LogP contribution in [0.4, 0.5) is 0 Å². The summed E-state index contributed by atoms with van der Waals surface area (Å²) in [6.45, 7) is 8.61. The quantitative estimate of drug-likeness (QED) is 0.652. The summed E-state index contributed by atoms with van der Waals surface area (Å²) in [4.78, 5) is 0. The molecule has 96 valence electrons. The van der Waals surface area contributed by atoms with Crippen LogP contribution in [0.5, 0.6) is 0 Å². The van der Waals surface area contributed by atoms with Crippen molar-refractivity contribution in [1.82, 2.24) is 5.32 Å². The zero-order valence-electron chi connectivity index (χ0n) is 11.3. The van der Waals surface area contributed by atoms with Crippen LogP contribution in [0, 0.1) is 5.92 Å². The highest BCUT2D eigenvalue weighted by Crippen LogP contribution is 2.29. The van der Waals surface area contributed by atoms with E-state index in [2.05, 4.69) is 26.1 Å². The number of rotatable bonds is 9. The first kappa shape index (κ1) is 14.0. The van der Waals surface area contributed by atoms with Crippen molar-refractivity contribution in [3.8, 4) is 0 Å². The summed E-state index contributed by atoms with van der Waals surface area (Å²) in [7, 11) is 0. The van der Waals surface area contributed by atoms with Crippen LogP contribution in [0.3, 0.4) is 0 Å². The van der Waals surface area contributed by atoms with Crippen molar-refractivity contribution in [3.05, 3.63) is 0 Å². The highest BCUT2D eigenvalue weighted by Gasteiger charge is 2.17. The summed E-state index contributed by atoms with van der Waals surface area (Å²) < 4.78 is 5.81. The van der Waals surface area contributed by atoms with Gasteiger partial charge in [0.1, 0.15) is 0 Å². The Morgan fingerprint density at radius 3 is 2.62 bits per heavy atom. The normalized spacial score (nSPS) is 20.4. The molecule has 2 unspecified atom stereocenters. The monoisotopic (exact) mass is 227 g/mol. The van der Waals surface area contributed by atoms with E-state index in [9.17, 15) is 0 Å². The number of hydrogen-bond donors (Lipinski definition) is 1. The maximum atomic E-state index is 5.81. The first-order chi connectivity index (χ1) is 7.72. The molecule has 2 nitrogen and oxygen atoms in total. The minimum absolute atomic E-state index is 0.361. The third-order valence-corrected chi connectivity index (χ3v) is 3.63. The molecule has 0 spiro atoms. The van der Waals surface area contributed by atoms with Gasteiger partial charge in [-0.3, -0.25) is 0 Å². The molecular weight excluding hydrogens is 198 g/mol. The van der Waals surface area contributed by atoms with Gasteiger partial charge in [-0.2, -0.15) is 0 Å². The molecule has 16 heavy (non-hydrogen) atoms. The molecule has 1 N–H and O–H groups in total. The van der Waals surface area contributed by atoms with Crippen molar-refractivity contribution >= 4 is 0 Å². The molecule has 0 aromatic carbocycles. The molecule has 0 amide bonds. The van der Waals surface area contributed by atoms with Crippen LogP contribution in [0.1, 0.15) is 59.3 Å². The molecule has 1 aliphatic rings. The SMILES string of the molecule is CCCC(C)NCC(C)OCCC1CCC1. The third-order valence-electron chi connectivity index (χ3n) is 3.63. The Balaban J connectivity index is 1.90. The minimum atomic E-state index is 0.361. The van der Waals surface area contributed by atoms with E-state index in [1.54, 1.807) is 0 Å². The van der Waals surface area contributed by atoms with E-state index in [1.165, 1.54) is 38.5 Å². The van der Waals surface area contributed by atoms with Gasteiger partial charge in [0.2, 0.25) is 0 Å². The van der Waals surface area contributed by atoms with E-state index < -0.39 is 0 Å². The van der Waals surface area contributed by atoms with Gasteiger partial charge in [-0.25, -0.2) is 0 Å². The van der Waals surface area contributed by atoms with Crippen LogP contribution in [0.25, 0.3) is 0 Å². The average Bonchev–Trinajstić information content (AvgIpc) is 2.19. The van der Waals surface area contributed by atoms with E-state index in [4.69, 9.17) is 4.74 Å². The molecule has 0 aromatic heterocycles. The summed E-state index contributed by atoms with van der Waals surface area (Å²) in [5, 5.41) is 3.52. The summed E-state index contributed by atoms with van der Waals surface area (Å²) in [6.07, 6.45) is 8.46. The van der Waals surface area contributed by atoms with Crippen molar-refractivity contribution in [2.24, 2.45) is 5.92 Å². The Hall–Kier alpha value is -0.0800. The second-order valence-electron chi connectivity index (χ2n) is 5.36. The van der Waals surface area contributed by atoms with Gasteiger partial charge < -0.3 is 10.1 Å². The second-order valence-corrected chi connectivity index (χ2v) is 5.36. The van der Waals surface area contributed by atoms with E-state index in [0.717, 1.165) is 19.1 Å². The Bertz CT molecular complexity index is 168. The van der Waals surface area contributed by atoms with Crippen LogP contribution in [0.2, 0.25) is 0 Å². The smallest absolute Gasteiger partial charge is 0.0671 e. The van der Waals surface area contributed by atoms with E-state index >= 15 is 0 Å². The zero-order chi connectivity index (χ0) is 11.8. The van der Waals surface area contributed by atoms with E-state index in [-0.39, 0.29) is 0 Å². The lowest BCUT2D eigenvalue weighted by Crippen LogP contribution is -2.34. The Kier molecular flexibility index (Phi) is 7.06. The predicted molar refractivity (Wildman–Crippen MR) is 69.7 cm³/mol. The fourth-order valence-electron chi connectivity index (χ4n) is 2.18. The topological polar surface area (TPSA) is 21.3 Å². The molecule has 2 atom stereocenters. The summed E-state index contributed by atoms with van der Waals surface area (Å²) in [5.41, 5.74) is 0. The molecule has 1 aliphatic carbocycles. The summed E-state index contributed by atoms with van der Waals surface area (Å²) in [6, 6.07) is 0.627. The van der Waals surface area contributed by atoms with Crippen LogP contribution in [-0.4, -0.2) is 25.3 Å². The first-order valence-corrected chi connectivity index (χ1v) is 7.07. The Morgan fingerprint density at radius 1 is 1.31 bits per heavy atom.